The topological polar surface area (TPSA) is 72.4 Å². The lowest BCUT2D eigenvalue weighted by atomic mass is 10.1. The summed E-state index contributed by atoms with van der Waals surface area (Å²) in [5.74, 6) is -0.169. The zero-order valence-electron chi connectivity index (χ0n) is 10.8. The molecule has 0 unspecified atom stereocenters. The van der Waals surface area contributed by atoms with Crippen molar-refractivity contribution in [2.75, 3.05) is 18.5 Å². The number of hydrogen-bond acceptors (Lipinski definition) is 4. The second kappa shape index (κ2) is 5.85. The molecule has 0 saturated carbocycles. The summed E-state index contributed by atoms with van der Waals surface area (Å²) >= 11 is 3.17. The minimum atomic E-state index is -0.384. The minimum absolute atomic E-state index is 0.148. The molecular weight excluding hydrogens is 314 g/mol. The molecule has 7 heteroatoms. The van der Waals surface area contributed by atoms with Crippen molar-refractivity contribution in [3.8, 4) is 0 Å². The summed E-state index contributed by atoms with van der Waals surface area (Å²) < 4.78 is 7.25. The average molecular weight is 330 g/mol. The van der Waals surface area contributed by atoms with E-state index in [1.54, 1.807) is 19.3 Å². The third-order valence-electron chi connectivity index (χ3n) is 3.01. The third kappa shape index (κ3) is 3.23. The average Bonchev–Trinajstić information content (AvgIpc) is 2.36. The van der Waals surface area contributed by atoms with Crippen LogP contribution in [-0.4, -0.2) is 35.8 Å². The van der Waals surface area contributed by atoms with E-state index in [1.165, 1.54) is 4.57 Å². The summed E-state index contributed by atoms with van der Waals surface area (Å²) in [7, 11) is 1.63. The number of carbonyl (C=O) groups is 1. The Balaban J connectivity index is 2.12. The Labute approximate surface area is 119 Å². The lowest BCUT2D eigenvalue weighted by Gasteiger charge is -2.29. The molecule has 1 aliphatic heterocycles. The Bertz CT molecular complexity index is 517. The quantitative estimate of drug-likeness (QED) is 0.827. The molecule has 0 radical (unpaired) electrons. The van der Waals surface area contributed by atoms with E-state index in [4.69, 9.17) is 4.74 Å². The molecule has 1 aliphatic rings. The normalized spacial score (nSPS) is 23.1. The van der Waals surface area contributed by atoms with Gasteiger partial charge in [-0.3, -0.25) is 9.59 Å². The van der Waals surface area contributed by atoms with Crippen LogP contribution in [0.1, 0.15) is 6.92 Å². The van der Waals surface area contributed by atoms with Crippen molar-refractivity contribution in [1.29, 1.82) is 0 Å². The van der Waals surface area contributed by atoms with Gasteiger partial charge in [0.2, 0.25) is 5.91 Å². The van der Waals surface area contributed by atoms with Crippen molar-refractivity contribution in [3.05, 3.63) is 27.1 Å². The summed E-state index contributed by atoms with van der Waals surface area (Å²) in [5.41, 5.74) is 0.420. The van der Waals surface area contributed by atoms with Crippen molar-refractivity contribution in [1.82, 2.24) is 9.88 Å². The van der Waals surface area contributed by atoms with Gasteiger partial charge in [-0.2, -0.15) is 0 Å². The van der Waals surface area contributed by atoms with Gasteiger partial charge in [0.15, 0.2) is 0 Å². The molecule has 0 aromatic carbocycles. The van der Waals surface area contributed by atoms with Gasteiger partial charge in [-0.25, -0.2) is 0 Å². The van der Waals surface area contributed by atoms with Gasteiger partial charge in [-0.05, 0) is 28.9 Å². The molecule has 2 rings (SSSR count). The number of morpholine rings is 1. The minimum Gasteiger partial charge on any atom is -0.375 e. The van der Waals surface area contributed by atoms with Gasteiger partial charge >= 0.3 is 0 Å². The highest BCUT2D eigenvalue weighted by molar-refractivity contribution is 9.10. The van der Waals surface area contributed by atoms with E-state index in [2.05, 4.69) is 26.6 Å². The number of ether oxygens (including phenoxy) is 1. The highest BCUT2D eigenvalue weighted by Crippen LogP contribution is 2.13. The fraction of sp³-hybridized carbons (Fsp3) is 0.500. The predicted molar refractivity (Wildman–Crippen MR) is 75.2 cm³/mol. The van der Waals surface area contributed by atoms with Crippen LogP contribution in [0.4, 0.5) is 5.69 Å². The molecule has 1 aromatic heterocycles. The van der Waals surface area contributed by atoms with Crippen LogP contribution in [0.25, 0.3) is 0 Å². The number of nitrogens with one attached hydrogen (secondary N) is 2. The second-order valence-electron chi connectivity index (χ2n) is 4.49. The van der Waals surface area contributed by atoms with Crippen LogP contribution < -0.4 is 16.2 Å². The molecule has 2 heterocycles. The summed E-state index contributed by atoms with van der Waals surface area (Å²) in [6.07, 6.45) is 1.41. The zero-order valence-corrected chi connectivity index (χ0v) is 12.4. The Hall–Kier alpha value is -1.18. The number of carbonyl (C=O) groups excluding carboxylic acids is 1. The van der Waals surface area contributed by atoms with Crippen LogP contribution in [0.3, 0.4) is 0 Å². The first-order valence-electron chi connectivity index (χ1n) is 6.01. The summed E-state index contributed by atoms with van der Waals surface area (Å²) in [5, 5.41) is 5.89. The van der Waals surface area contributed by atoms with E-state index in [0.717, 1.165) is 0 Å². The first kappa shape index (κ1) is 14.2. The Kier molecular flexibility index (Phi) is 4.38. The zero-order chi connectivity index (χ0) is 14.0. The van der Waals surface area contributed by atoms with Crippen molar-refractivity contribution >= 4 is 27.5 Å². The second-order valence-corrected chi connectivity index (χ2v) is 5.34. The molecule has 0 aliphatic carbocycles. The van der Waals surface area contributed by atoms with Gasteiger partial charge in [0, 0.05) is 19.8 Å². The maximum Gasteiger partial charge on any atom is 0.264 e. The Morgan fingerprint density at radius 3 is 3.00 bits per heavy atom. The number of pyridine rings is 1. The molecule has 2 atom stereocenters. The Morgan fingerprint density at radius 2 is 2.37 bits per heavy atom. The van der Waals surface area contributed by atoms with Gasteiger partial charge in [0.25, 0.3) is 5.56 Å². The predicted octanol–water partition coefficient (Wildman–Crippen LogP) is 0.463. The number of anilines is 1. The van der Waals surface area contributed by atoms with E-state index in [1.807, 2.05) is 6.92 Å². The van der Waals surface area contributed by atoms with Crippen LogP contribution in [0.15, 0.2) is 21.5 Å². The smallest absolute Gasteiger partial charge is 0.264 e. The fourth-order valence-electron chi connectivity index (χ4n) is 1.99. The molecule has 0 spiro atoms. The largest absolute Gasteiger partial charge is 0.375 e. The van der Waals surface area contributed by atoms with Crippen LogP contribution >= 0.6 is 15.9 Å². The highest BCUT2D eigenvalue weighted by Gasteiger charge is 2.28. The van der Waals surface area contributed by atoms with E-state index >= 15 is 0 Å². The number of halogens is 1. The van der Waals surface area contributed by atoms with Gasteiger partial charge in [0.05, 0.1) is 22.9 Å². The van der Waals surface area contributed by atoms with Crippen LogP contribution in [-0.2, 0) is 16.6 Å². The molecule has 1 aromatic rings. The standard InChI is InChI=1S/C12H16BrN3O3/c1-7-10(14-3-4-19-7)11(17)15-8-5-9(13)12(18)16(2)6-8/h5-7,10,14H,3-4H2,1-2H3,(H,15,17)/t7-,10+/m1/s1. The maximum absolute atomic E-state index is 12.1. The molecule has 104 valence electrons. The first-order valence-corrected chi connectivity index (χ1v) is 6.80. The van der Waals surface area contributed by atoms with Crippen LogP contribution in [0.5, 0.6) is 0 Å². The number of aromatic nitrogens is 1. The third-order valence-corrected chi connectivity index (χ3v) is 3.57. The fourth-order valence-corrected chi connectivity index (χ4v) is 2.51. The van der Waals surface area contributed by atoms with Crippen LogP contribution in [0.2, 0.25) is 0 Å². The molecule has 6 nitrogen and oxygen atoms in total. The van der Waals surface area contributed by atoms with Crippen LogP contribution in [0, 0.1) is 0 Å². The van der Waals surface area contributed by atoms with Crippen molar-refractivity contribution < 1.29 is 9.53 Å². The van der Waals surface area contributed by atoms with E-state index in [0.29, 0.717) is 23.3 Å². The van der Waals surface area contributed by atoms with Gasteiger partial charge in [-0.1, -0.05) is 0 Å². The lowest BCUT2D eigenvalue weighted by Crippen LogP contribution is -2.53. The van der Waals surface area contributed by atoms with Crippen molar-refractivity contribution in [2.45, 2.75) is 19.1 Å². The van der Waals surface area contributed by atoms with Gasteiger partial charge < -0.3 is 19.9 Å². The molecule has 19 heavy (non-hydrogen) atoms. The van der Waals surface area contributed by atoms with Crippen molar-refractivity contribution in [2.24, 2.45) is 7.05 Å². The lowest BCUT2D eigenvalue weighted by molar-refractivity contribution is -0.123. The molecule has 1 saturated heterocycles. The van der Waals surface area contributed by atoms with Gasteiger partial charge in [0.1, 0.15) is 6.04 Å². The molecule has 0 bridgehead atoms. The first-order chi connectivity index (χ1) is 8.99. The summed E-state index contributed by atoms with van der Waals surface area (Å²) in [4.78, 5) is 23.7. The summed E-state index contributed by atoms with van der Waals surface area (Å²) in [6, 6.07) is 1.21. The molecular formula is C12H16BrN3O3. The number of aryl methyl sites for hydroxylation is 1. The number of amides is 1. The molecule has 1 amide bonds. The number of rotatable bonds is 2. The van der Waals surface area contributed by atoms with E-state index < -0.39 is 0 Å². The Morgan fingerprint density at radius 1 is 1.63 bits per heavy atom. The maximum atomic E-state index is 12.1. The monoisotopic (exact) mass is 329 g/mol. The number of nitrogens with zero attached hydrogens (tertiary/aromatic N) is 1. The number of hydrogen-bond donors (Lipinski definition) is 2. The molecule has 2 N–H and O–H groups in total. The van der Waals surface area contributed by atoms with Gasteiger partial charge in [-0.15, -0.1) is 0 Å². The highest BCUT2D eigenvalue weighted by atomic mass is 79.9. The van der Waals surface area contributed by atoms with E-state index in [-0.39, 0.29) is 23.6 Å². The van der Waals surface area contributed by atoms with E-state index in [9.17, 15) is 9.59 Å². The summed E-state index contributed by atoms with van der Waals surface area (Å²) in [6.45, 7) is 3.11. The van der Waals surface area contributed by atoms with Crippen molar-refractivity contribution in [3.63, 3.8) is 0 Å². The molecule has 1 fully saturated rings. The SMILES string of the molecule is C[C@H]1OCCN[C@@H]1C(=O)Nc1cc(Br)c(=O)n(C)c1.